The molecule has 2 atom stereocenters. The highest BCUT2D eigenvalue weighted by Crippen LogP contribution is 2.22. The number of hydrogen-bond donors (Lipinski definition) is 2. The largest absolute Gasteiger partial charge is 0.480 e. The van der Waals surface area contributed by atoms with Crippen LogP contribution in [0.4, 0.5) is 0 Å². The van der Waals surface area contributed by atoms with Crippen molar-refractivity contribution in [3.63, 3.8) is 0 Å². The minimum atomic E-state index is -0.708. The summed E-state index contributed by atoms with van der Waals surface area (Å²) in [4.78, 5) is 12.9. The zero-order valence-corrected chi connectivity index (χ0v) is 11.8. The summed E-state index contributed by atoms with van der Waals surface area (Å²) in [5.74, 6) is -0.0483. The Kier molecular flexibility index (Phi) is 7.28. The number of likely N-dealkylation sites (tertiary alicyclic amines) is 1. The molecule has 0 aromatic heterocycles. The Morgan fingerprint density at radius 1 is 1.33 bits per heavy atom. The van der Waals surface area contributed by atoms with Crippen LogP contribution >= 0.6 is 0 Å². The molecule has 1 saturated heterocycles. The van der Waals surface area contributed by atoms with Gasteiger partial charge in [0.1, 0.15) is 0 Å². The molecule has 0 saturated carbocycles. The molecule has 1 aliphatic rings. The molecule has 18 heavy (non-hydrogen) atoms. The Hall–Kier alpha value is -0.610. The van der Waals surface area contributed by atoms with E-state index >= 15 is 0 Å². The first kappa shape index (κ1) is 15.4. The Morgan fingerprint density at radius 3 is 2.72 bits per heavy atom. The second-order valence-electron chi connectivity index (χ2n) is 5.48. The quantitative estimate of drug-likeness (QED) is 0.697. The van der Waals surface area contributed by atoms with Gasteiger partial charge in [-0.15, -0.1) is 0 Å². The summed E-state index contributed by atoms with van der Waals surface area (Å²) >= 11 is 0. The fraction of sp³-hybridized carbons (Fsp3) is 0.929. The van der Waals surface area contributed by atoms with Gasteiger partial charge >= 0.3 is 5.97 Å². The molecule has 0 aromatic carbocycles. The normalized spacial score (nSPS) is 25.2. The first-order valence-electron chi connectivity index (χ1n) is 7.33. The zero-order chi connectivity index (χ0) is 13.4. The van der Waals surface area contributed by atoms with E-state index in [4.69, 9.17) is 5.11 Å². The van der Waals surface area contributed by atoms with Crippen LogP contribution in [0.1, 0.15) is 46.0 Å². The lowest BCUT2D eigenvalue weighted by Gasteiger charge is -2.37. The maximum atomic E-state index is 10.8. The van der Waals surface area contributed by atoms with Gasteiger partial charge in [-0.3, -0.25) is 9.69 Å². The van der Waals surface area contributed by atoms with Crippen LogP contribution < -0.4 is 5.32 Å². The van der Waals surface area contributed by atoms with Crippen molar-refractivity contribution in [1.82, 2.24) is 10.2 Å². The average Bonchev–Trinajstić information content (AvgIpc) is 2.33. The molecule has 106 valence electrons. The number of piperidine rings is 1. The summed E-state index contributed by atoms with van der Waals surface area (Å²) in [7, 11) is 0. The van der Waals surface area contributed by atoms with E-state index in [1.165, 1.54) is 25.7 Å². The lowest BCUT2D eigenvalue weighted by atomic mass is 9.90. The van der Waals surface area contributed by atoms with E-state index in [9.17, 15) is 4.79 Å². The molecule has 0 bridgehead atoms. The molecule has 4 nitrogen and oxygen atoms in total. The van der Waals surface area contributed by atoms with Crippen LogP contribution in [0, 0.1) is 5.92 Å². The van der Waals surface area contributed by atoms with Gasteiger partial charge in [-0.1, -0.05) is 26.7 Å². The highest BCUT2D eigenvalue weighted by molar-refractivity contribution is 5.69. The molecular formula is C14H28N2O2. The molecule has 0 radical (unpaired) electrons. The van der Waals surface area contributed by atoms with E-state index in [0.717, 1.165) is 26.1 Å². The molecule has 0 spiro atoms. The number of hydrogen-bond acceptors (Lipinski definition) is 3. The number of nitrogens with one attached hydrogen (secondary N) is 1. The van der Waals surface area contributed by atoms with Crippen molar-refractivity contribution in [3.05, 3.63) is 0 Å². The Bertz CT molecular complexity index is 230. The van der Waals surface area contributed by atoms with Crippen molar-refractivity contribution in [1.29, 1.82) is 0 Å². The Labute approximate surface area is 111 Å². The molecule has 2 N–H and O–H groups in total. The highest BCUT2D eigenvalue weighted by Gasteiger charge is 2.27. The summed E-state index contributed by atoms with van der Waals surface area (Å²) in [5.41, 5.74) is 0. The van der Waals surface area contributed by atoms with Crippen LogP contribution in [0.3, 0.4) is 0 Å². The smallest absolute Gasteiger partial charge is 0.317 e. The molecule has 1 fully saturated rings. The fourth-order valence-electron chi connectivity index (χ4n) is 2.82. The summed E-state index contributed by atoms with van der Waals surface area (Å²) in [6.07, 6.45) is 6.05. The fourth-order valence-corrected chi connectivity index (χ4v) is 2.82. The third kappa shape index (κ3) is 5.83. The predicted octanol–water partition coefficient (Wildman–Crippen LogP) is 1.95. The van der Waals surface area contributed by atoms with Gasteiger partial charge in [0, 0.05) is 19.1 Å². The summed E-state index contributed by atoms with van der Waals surface area (Å²) < 4.78 is 0. The van der Waals surface area contributed by atoms with Gasteiger partial charge in [0.15, 0.2) is 0 Å². The van der Waals surface area contributed by atoms with Crippen LogP contribution in [0.2, 0.25) is 0 Å². The maximum Gasteiger partial charge on any atom is 0.317 e. The minimum absolute atomic E-state index is 0.187. The lowest BCUT2D eigenvalue weighted by molar-refractivity contribution is -0.138. The lowest BCUT2D eigenvalue weighted by Crippen LogP contribution is -2.50. The molecule has 1 rings (SSSR count). The van der Waals surface area contributed by atoms with Gasteiger partial charge in [0.2, 0.25) is 0 Å². The molecule has 2 unspecified atom stereocenters. The zero-order valence-electron chi connectivity index (χ0n) is 11.8. The van der Waals surface area contributed by atoms with Gasteiger partial charge in [0.25, 0.3) is 0 Å². The van der Waals surface area contributed by atoms with Gasteiger partial charge in [-0.25, -0.2) is 0 Å². The number of carbonyl (C=O) groups is 1. The first-order valence-corrected chi connectivity index (χ1v) is 7.33. The summed E-state index contributed by atoms with van der Waals surface area (Å²) in [6.45, 7) is 7.44. The van der Waals surface area contributed by atoms with Crippen LogP contribution in [0.25, 0.3) is 0 Å². The van der Waals surface area contributed by atoms with Gasteiger partial charge in [0.05, 0.1) is 6.54 Å². The predicted molar refractivity (Wildman–Crippen MR) is 73.8 cm³/mol. The molecule has 1 heterocycles. The third-order valence-electron chi connectivity index (χ3n) is 3.62. The van der Waals surface area contributed by atoms with Crippen LogP contribution in [-0.4, -0.2) is 48.2 Å². The molecular weight excluding hydrogens is 228 g/mol. The van der Waals surface area contributed by atoms with Gasteiger partial charge in [-0.2, -0.15) is 0 Å². The van der Waals surface area contributed by atoms with Crippen molar-refractivity contribution in [2.75, 3.05) is 26.2 Å². The molecule has 4 heteroatoms. The van der Waals surface area contributed by atoms with E-state index in [-0.39, 0.29) is 6.54 Å². The van der Waals surface area contributed by atoms with Crippen molar-refractivity contribution in [2.24, 2.45) is 5.92 Å². The van der Waals surface area contributed by atoms with Crippen LogP contribution in [0.15, 0.2) is 0 Å². The van der Waals surface area contributed by atoms with E-state index in [1.54, 1.807) is 0 Å². The topological polar surface area (TPSA) is 52.6 Å². The third-order valence-corrected chi connectivity index (χ3v) is 3.62. The Morgan fingerprint density at radius 2 is 2.11 bits per heavy atom. The number of nitrogens with zero attached hydrogens (tertiary/aromatic N) is 1. The van der Waals surface area contributed by atoms with Crippen molar-refractivity contribution >= 4 is 5.97 Å². The maximum absolute atomic E-state index is 10.8. The van der Waals surface area contributed by atoms with E-state index in [2.05, 4.69) is 24.1 Å². The second-order valence-corrected chi connectivity index (χ2v) is 5.48. The standard InChI is InChI=1S/C14H28N2O2/c1-3-5-6-12-8-13(15-7-4-2)10-16(9-12)11-14(17)18/h12-13,15H,3-11H2,1-2H3,(H,17,18). The summed E-state index contributed by atoms with van der Waals surface area (Å²) in [5, 5.41) is 12.5. The van der Waals surface area contributed by atoms with E-state index in [1.807, 2.05) is 0 Å². The second kappa shape index (κ2) is 8.48. The van der Waals surface area contributed by atoms with Gasteiger partial charge < -0.3 is 10.4 Å². The van der Waals surface area contributed by atoms with Crippen molar-refractivity contribution in [3.8, 4) is 0 Å². The van der Waals surface area contributed by atoms with Crippen molar-refractivity contribution in [2.45, 2.75) is 52.0 Å². The number of carboxylic acids is 1. The van der Waals surface area contributed by atoms with Crippen LogP contribution in [0.5, 0.6) is 0 Å². The SMILES string of the molecule is CCCCC1CC(NCCC)CN(CC(=O)O)C1. The summed E-state index contributed by atoms with van der Waals surface area (Å²) in [6, 6.07) is 0.472. The van der Waals surface area contributed by atoms with E-state index < -0.39 is 5.97 Å². The monoisotopic (exact) mass is 256 g/mol. The van der Waals surface area contributed by atoms with Gasteiger partial charge in [-0.05, 0) is 31.7 Å². The first-order chi connectivity index (χ1) is 8.65. The number of carboxylic acid groups (broad SMARTS) is 1. The molecule has 0 amide bonds. The number of aliphatic carboxylic acids is 1. The van der Waals surface area contributed by atoms with E-state index in [0.29, 0.717) is 12.0 Å². The molecule has 1 aliphatic heterocycles. The number of unbranched alkanes of at least 4 members (excludes halogenated alkanes) is 1. The van der Waals surface area contributed by atoms with Crippen LogP contribution in [-0.2, 0) is 4.79 Å². The minimum Gasteiger partial charge on any atom is -0.480 e. The number of rotatable bonds is 8. The Balaban J connectivity index is 2.45. The highest BCUT2D eigenvalue weighted by atomic mass is 16.4. The molecule has 0 aliphatic carbocycles. The average molecular weight is 256 g/mol. The molecule has 0 aromatic rings. The van der Waals surface area contributed by atoms with Crippen molar-refractivity contribution < 1.29 is 9.90 Å².